The Morgan fingerprint density at radius 1 is 0.533 bits per heavy atom. The molecule has 0 aliphatic carbocycles. The van der Waals surface area contributed by atoms with Crippen molar-refractivity contribution in [3.05, 3.63) is 0 Å². The van der Waals surface area contributed by atoms with Crippen molar-refractivity contribution in [1.82, 2.24) is 0 Å². The Kier molecular flexibility index (Phi) is 70.5. The van der Waals surface area contributed by atoms with E-state index in [-0.39, 0.29) is 57.8 Å². The first kappa shape index (κ1) is 36.1. The second-order valence-electron chi connectivity index (χ2n) is 0.848. The largest absolute Gasteiger partial charge is 0.761 e. The molecule has 0 atom stereocenters. The second-order valence-corrected chi connectivity index (χ2v) is 2.54. The number of hydrogen-bond acceptors (Lipinski definition) is 3. The molecular formula is H14Al2MgO9Si3. The summed E-state index contributed by atoms with van der Waals surface area (Å²) in [4.78, 5) is 42.9. The highest BCUT2D eigenvalue weighted by Gasteiger charge is 1.85. The zero-order chi connectivity index (χ0) is 10.7. The molecule has 0 fully saturated rings. The van der Waals surface area contributed by atoms with Gasteiger partial charge in [-0.15, -0.1) is 0 Å². The van der Waals surface area contributed by atoms with Crippen molar-refractivity contribution < 1.29 is 42.2 Å². The molecule has 0 saturated carbocycles. The van der Waals surface area contributed by atoms with Gasteiger partial charge in [0, 0.05) is 0 Å². The molecule has 0 aromatic carbocycles. The summed E-state index contributed by atoms with van der Waals surface area (Å²) >= 11 is 0. The van der Waals surface area contributed by atoms with Gasteiger partial charge in [0.1, 0.15) is 0 Å². The minimum atomic E-state index is -3.13. The van der Waals surface area contributed by atoms with E-state index in [0.29, 0.717) is 0 Å². The average Bonchev–Trinajstić information content (AvgIpc) is 1.54. The summed E-state index contributed by atoms with van der Waals surface area (Å²) in [5, 5.41) is 0. The quantitative estimate of drug-likeness (QED) is 0.237. The van der Waals surface area contributed by atoms with E-state index >= 15 is 0 Å². The smallest absolute Gasteiger partial charge is 0.511 e. The summed E-state index contributed by atoms with van der Waals surface area (Å²) in [7, 11) is -9.39. The van der Waals surface area contributed by atoms with Crippen LogP contribution >= 0.6 is 0 Å². The van der Waals surface area contributed by atoms with Crippen molar-refractivity contribution in [2.24, 2.45) is 0 Å². The molecule has 0 spiro atoms. The Hall–Kier alpha value is 0.682. The zero-order valence-corrected chi connectivity index (χ0v) is 8.41. The van der Waals surface area contributed by atoms with Crippen molar-refractivity contribution >= 4 is 85.3 Å². The van der Waals surface area contributed by atoms with Gasteiger partial charge in [0.2, 0.25) is 0 Å². The molecule has 0 amide bonds. The third kappa shape index (κ3) is 5080. The van der Waals surface area contributed by atoms with E-state index < -0.39 is 27.5 Å². The summed E-state index contributed by atoms with van der Waals surface area (Å²) in [6, 6.07) is 0. The van der Waals surface area contributed by atoms with Crippen LogP contribution in [0.25, 0.3) is 0 Å². The Balaban J connectivity index is -0.0000000184. The summed E-state index contributed by atoms with van der Waals surface area (Å²) in [6.45, 7) is 0. The predicted octanol–water partition coefficient (Wildman–Crippen LogP) is -8.12. The molecule has 0 bridgehead atoms. The van der Waals surface area contributed by atoms with Gasteiger partial charge in [-0.25, -0.2) is 0 Å². The monoisotopic (exact) mass is 320 g/mol. The first-order chi connectivity index (χ1) is 5.20. The van der Waals surface area contributed by atoms with Crippen LogP contribution in [0.2, 0.25) is 0 Å². The second kappa shape index (κ2) is 29.3. The maximum Gasteiger partial charge on any atom is 0.761 e. The zero-order valence-electron chi connectivity index (χ0n) is 5.41. The molecular weight excluding hydrogens is 307 g/mol. The van der Waals surface area contributed by atoms with Crippen molar-refractivity contribution in [3.63, 3.8) is 0 Å². The van der Waals surface area contributed by atoms with Crippen LogP contribution in [0.5, 0.6) is 0 Å². The minimum absolute atomic E-state index is 0. The van der Waals surface area contributed by atoms with Crippen LogP contribution in [0.15, 0.2) is 0 Å². The van der Waals surface area contributed by atoms with Gasteiger partial charge in [0.25, 0.3) is 0 Å². The first-order valence-electron chi connectivity index (χ1n) is 1.95. The summed E-state index contributed by atoms with van der Waals surface area (Å²) in [6.07, 6.45) is 0. The third-order valence-corrected chi connectivity index (χ3v) is 0. The SMILES string of the molecule is O=[Si](O)O.O=[Si](O)O.O=[Si](O)O.[AlH3].[AlH3].[MgH2]. The maximum absolute atomic E-state index is 8.74. The molecule has 15 heavy (non-hydrogen) atoms. The van der Waals surface area contributed by atoms with E-state index in [2.05, 4.69) is 0 Å². The van der Waals surface area contributed by atoms with Gasteiger partial charge in [0.05, 0.1) is 0 Å². The molecule has 0 aliphatic heterocycles. The van der Waals surface area contributed by atoms with Crippen LogP contribution in [-0.2, 0) is 13.4 Å². The van der Waals surface area contributed by atoms with Crippen LogP contribution in [-0.4, -0.2) is 114 Å². The van der Waals surface area contributed by atoms with E-state index in [9.17, 15) is 0 Å². The van der Waals surface area contributed by atoms with Gasteiger partial charge in [-0.2, -0.15) is 0 Å². The first-order valence-corrected chi connectivity index (χ1v) is 5.86. The van der Waals surface area contributed by atoms with Crippen molar-refractivity contribution in [2.75, 3.05) is 0 Å². The fraction of sp³-hybridized carbons (Fsp3) is 0. The van der Waals surface area contributed by atoms with Gasteiger partial charge in [0.15, 0.2) is 34.7 Å². The Morgan fingerprint density at radius 3 is 0.533 bits per heavy atom. The lowest BCUT2D eigenvalue weighted by Gasteiger charge is -1.55. The number of hydrogen-bond donors (Lipinski definition) is 6. The van der Waals surface area contributed by atoms with Gasteiger partial charge in [-0.05, 0) is 0 Å². The summed E-state index contributed by atoms with van der Waals surface area (Å²) < 4.78 is 26.2. The molecule has 15 heteroatoms. The summed E-state index contributed by atoms with van der Waals surface area (Å²) in [5.74, 6) is 0. The molecule has 88 valence electrons. The lowest BCUT2D eigenvalue weighted by Crippen LogP contribution is -1.90. The van der Waals surface area contributed by atoms with Gasteiger partial charge < -0.3 is 28.8 Å². The normalized spacial score (nSPS) is 4.80. The Labute approximate surface area is 127 Å². The Bertz CT molecular complexity index is 121. The highest BCUT2D eigenvalue weighted by molar-refractivity contribution is 6.22. The maximum atomic E-state index is 8.74. The Morgan fingerprint density at radius 2 is 0.533 bits per heavy atom. The lowest BCUT2D eigenvalue weighted by atomic mass is 15.8. The highest BCUT2D eigenvalue weighted by Crippen LogP contribution is 1.27. The van der Waals surface area contributed by atoms with Crippen LogP contribution < -0.4 is 0 Å². The van der Waals surface area contributed by atoms with E-state index in [4.69, 9.17) is 42.2 Å². The van der Waals surface area contributed by atoms with Gasteiger partial charge >= 0.3 is 50.6 Å². The van der Waals surface area contributed by atoms with Gasteiger partial charge in [-0.3, -0.25) is 13.4 Å². The lowest BCUT2D eigenvalue weighted by molar-refractivity contribution is 0.328. The van der Waals surface area contributed by atoms with Gasteiger partial charge in [-0.1, -0.05) is 0 Å². The molecule has 0 aliphatic rings. The molecule has 0 aromatic rings. The topological polar surface area (TPSA) is 173 Å². The molecule has 0 aromatic heterocycles. The van der Waals surface area contributed by atoms with E-state index in [1.54, 1.807) is 0 Å². The van der Waals surface area contributed by atoms with Crippen LogP contribution in [0.3, 0.4) is 0 Å². The van der Waals surface area contributed by atoms with Crippen molar-refractivity contribution in [1.29, 1.82) is 0 Å². The van der Waals surface area contributed by atoms with Crippen LogP contribution in [0.4, 0.5) is 0 Å². The van der Waals surface area contributed by atoms with Crippen LogP contribution in [0, 0.1) is 0 Å². The van der Waals surface area contributed by atoms with Crippen molar-refractivity contribution in [2.45, 2.75) is 0 Å². The van der Waals surface area contributed by atoms with E-state index in [0.717, 1.165) is 0 Å². The molecule has 6 N–H and O–H groups in total. The predicted molar refractivity (Wildman–Crippen MR) is 61.1 cm³/mol. The fourth-order valence-corrected chi connectivity index (χ4v) is 0. The molecule has 0 rings (SSSR count). The molecule has 0 radical (unpaired) electrons. The fourth-order valence-electron chi connectivity index (χ4n) is 0. The molecule has 0 saturated heterocycles. The molecule has 0 unspecified atom stereocenters. The standard InChI is InChI=1S/2Al.Mg.3H2O3Si.8H/c;;;3*1-4(2)3;;;;;;;;/h;;;3*1-2H;;;;;;;;. The molecule has 0 heterocycles. The number of rotatable bonds is 0. The van der Waals surface area contributed by atoms with E-state index in [1.165, 1.54) is 0 Å². The summed E-state index contributed by atoms with van der Waals surface area (Å²) in [5.41, 5.74) is 0. The van der Waals surface area contributed by atoms with Crippen molar-refractivity contribution in [3.8, 4) is 0 Å². The average molecular weight is 321 g/mol. The van der Waals surface area contributed by atoms with E-state index in [1.807, 2.05) is 0 Å². The molecule has 9 nitrogen and oxygen atoms in total. The minimum Gasteiger partial charge on any atom is -0.511 e. The van der Waals surface area contributed by atoms with Crippen LogP contribution in [0.1, 0.15) is 0 Å². The highest BCUT2D eigenvalue weighted by atomic mass is 28.3. The third-order valence-electron chi connectivity index (χ3n) is 0.